The van der Waals surface area contributed by atoms with Gasteiger partial charge < -0.3 is 10.1 Å². The number of amides is 1. The van der Waals surface area contributed by atoms with Gasteiger partial charge in [0.2, 0.25) is 0 Å². The fourth-order valence-corrected chi connectivity index (χ4v) is 3.31. The number of carbonyl (C=O) groups excluding carboxylic acids is 1. The molecule has 0 aliphatic carbocycles. The minimum absolute atomic E-state index is 0.0413. The monoisotopic (exact) mass is 421 g/mol. The standard InChI is InChI=1S/C19H20INO2/c1-12-4-9-17-15(10-12)16(11-19(2,3)23-17)21-18(22)13-5-7-14(20)8-6-13/h4-10,16H,11H2,1-3H3,(H,21,22). The van der Waals surface area contributed by atoms with E-state index in [4.69, 9.17) is 4.74 Å². The number of ether oxygens (including phenoxy) is 1. The van der Waals surface area contributed by atoms with Crippen molar-refractivity contribution in [3.05, 3.63) is 62.7 Å². The second-order valence-electron chi connectivity index (χ2n) is 6.64. The van der Waals surface area contributed by atoms with Crippen LogP contribution in [0.15, 0.2) is 42.5 Å². The van der Waals surface area contributed by atoms with Crippen LogP contribution in [0.25, 0.3) is 0 Å². The first-order valence-corrected chi connectivity index (χ1v) is 8.78. The fourth-order valence-electron chi connectivity index (χ4n) is 2.95. The van der Waals surface area contributed by atoms with Crippen LogP contribution in [0.5, 0.6) is 5.75 Å². The summed E-state index contributed by atoms with van der Waals surface area (Å²) in [6, 6.07) is 13.7. The van der Waals surface area contributed by atoms with E-state index in [1.807, 2.05) is 36.4 Å². The average Bonchev–Trinajstić information content (AvgIpc) is 2.48. The Morgan fingerprint density at radius 2 is 1.91 bits per heavy atom. The molecule has 4 heteroatoms. The molecule has 1 N–H and O–H groups in total. The van der Waals surface area contributed by atoms with Crippen molar-refractivity contribution in [3.63, 3.8) is 0 Å². The number of halogens is 1. The molecule has 0 bridgehead atoms. The highest BCUT2D eigenvalue weighted by molar-refractivity contribution is 14.1. The quantitative estimate of drug-likeness (QED) is 0.719. The highest BCUT2D eigenvalue weighted by atomic mass is 127. The van der Waals surface area contributed by atoms with E-state index in [1.54, 1.807) is 0 Å². The molecule has 0 aromatic heterocycles. The third-order valence-corrected chi connectivity index (χ3v) is 4.75. The van der Waals surface area contributed by atoms with Crippen molar-refractivity contribution in [3.8, 4) is 5.75 Å². The molecule has 3 rings (SSSR count). The number of aryl methyl sites for hydroxylation is 1. The summed E-state index contributed by atoms with van der Waals surface area (Å²) >= 11 is 2.24. The van der Waals surface area contributed by atoms with Crippen molar-refractivity contribution in [2.24, 2.45) is 0 Å². The largest absolute Gasteiger partial charge is 0.487 e. The van der Waals surface area contributed by atoms with Crippen molar-refractivity contribution in [1.82, 2.24) is 5.32 Å². The predicted molar refractivity (Wildman–Crippen MR) is 99.9 cm³/mol. The van der Waals surface area contributed by atoms with E-state index in [9.17, 15) is 4.79 Å². The molecule has 23 heavy (non-hydrogen) atoms. The highest BCUT2D eigenvalue weighted by Gasteiger charge is 2.34. The number of benzene rings is 2. The number of fused-ring (bicyclic) bond motifs is 1. The number of hydrogen-bond donors (Lipinski definition) is 1. The van der Waals surface area contributed by atoms with E-state index >= 15 is 0 Å². The van der Waals surface area contributed by atoms with E-state index in [-0.39, 0.29) is 17.6 Å². The van der Waals surface area contributed by atoms with Gasteiger partial charge >= 0.3 is 0 Å². The first-order valence-electron chi connectivity index (χ1n) is 7.70. The second-order valence-corrected chi connectivity index (χ2v) is 7.89. The maximum absolute atomic E-state index is 12.6. The van der Waals surface area contributed by atoms with E-state index in [1.165, 1.54) is 5.56 Å². The van der Waals surface area contributed by atoms with Gasteiger partial charge in [0, 0.05) is 21.1 Å². The molecule has 1 atom stereocenters. The lowest BCUT2D eigenvalue weighted by Crippen LogP contribution is -2.41. The van der Waals surface area contributed by atoms with Crippen molar-refractivity contribution < 1.29 is 9.53 Å². The molecule has 120 valence electrons. The lowest BCUT2D eigenvalue weighted by Gasteiger charge is -2.38. The summed E-state index contributed by atoms with van der Waals surface area (Å²) in [5.41, 5.74) is 2.61. The van der Waals surface area contributed by atoms with E-state index in [0.717, 1.165) is 21.3 Å². The molecule has 1 aliphatic heterocycles. The van der Waals surface area contributed by atoms with Gasteiger partial charge in [-0.3, -0.25) is 4.79 Å². The summed E-state index contributed by atoms with van der Waals surface area (Å²) in [4.78, 5) is 12.6. The van der Waals surface area contributed by atoms with Gasteiger partial charge in [-0.1, -0.05) is 17.7 Å². The SMILES string of the molecule is Cc1ccc2c(c1)C(NC(=O)c1ccc(I)cc1)CC(C)(C)O2. The zero-order valence-electron chi connectivity index (χ0n) is 13.5. The zero-order chi connectivity index (χ0) is 16.6. The zero-order valence-corrected chi connectivity index (χ0v) is 15.7. The third-order valence-electron chi connectivity index (χ3n) is 4.03. The van der Waals surface area contributed by atoms with Crippen LogP contribution in [0.1, 0.15) is 47.8 Å². The fraction of sp³-hybridized carbons (Fsp3) is 0.316. The van der Waals surface area contributed by atoms with Gasteiger partial charge in [-0.15, -0.1) is 0 Å². The van der Waals surface area contributed by atoms with Crippen molar-refractivity contribution >= 4 is 28.5 Å². The summed E-state index contributed by atoms with van der Waals surface area (Å²) in [5.74, 6) is 0.816. The molecular weight excluding hydrogens is 401 g/mol. The van der Waals surface area contributed by atoms with Gasteiger partial charge in [-0.05, 0) is 73.7 Å². The van der Waals surface area contributed by atoms with E-state index in [2.05, 4.69) is 54.7 Å². The number of nitrogens with one attached hydrogen (secondary N) is 1. The Balaban J connectivity index is 1.88. The molecule has 1 unspecified atom stereocenters. The Morgan fingerprint density at radius 1 is 1.22 bits per heavy atom. The van der Waals surface area contributed by atoms with Crippen molar-refractivity contribution in [2.75, 3.05) is 0 Å². The third kappa shape index (κ3) is 3.68. The van der Waals surface area contributed by atoms with Crippen LogP contribution in [-0.4, -0.2) is 11.5 Å². The maximum Gasteiger partial charge on any atom is 0.251 e. The van der Waals surface area contributed by atoms with Gasteiger partial charge in [-0.2, -0.15) is 0 Å². The molecule has 0 spiro atoms. The number of hydrogen-bond acceptors (Lipinski definition) is 2. The first-order chi connectivity index (χ1) is 10.8. The molecule has 1 heterocycles. The van der Waals surface area contributed by atoms with Crippen LogP contribution in [0, 0.1) is 10.5 Å². The van der Waals surface area contributed by atoms with Gasteiger partial charge in [0.25, 0.3) is 5.91 Å². The predicted octanol–water partition coefficient (Wildman–Crippen LogP) is 4.63. The molecule has 3 nitrogen and oxygen atoms in total. The lowest BCUT2D eigenvalue weighted by atomic mass is 9.88. The molecule has 1 amide bonds. The molecule has 0 saturated carbocycles. The van der Waals surface area contributed by atoms with Crippen LogP contribution < -0.4 is 10.1 Å². The number of carbonyl (C=O) groups is 1. The van der Waals surface area contributed by atoms with E-state index in [0.29, 0.717) is 5.56 Å². The molecule has 0 fully saturated rings. The minimum Gasteiger partial charge on any atom is -0.487 e. The van der Waals surface area contributed by atoms with Crippen molar-refractivity contribution in [1.29, 1.82) is 0 Å². The smallest absolute Gasteiger partial charge is 0.251 e. The highest BCUT2D eigenvalue weighted by Crippen LogP contribution is 2.39. The summed E-state index contributed by atoms with van der Waals surface area (Å²) in [6.07, 6.45) is 0.750. The average molecular weight is 421 g/mol. The van der Waals surface area contributed by atoms with Crippen molar-refractivity contribution in [2.45, 2.75) is 38.8 Å². The lowest BCUT2D eigenvalue weighted by molar-refractivity contribution is 0.0619. The Bertz CT molecular complexity index is 738. The van der Waals surface area contributed by atoms with Gasteiger partial charge in [0.05, 0.1) is 6.04 Å². The summed E-state index contributed by atoms with van der Waals surface area (Å²) < 4.78 is 7.17. The molecule has 0 radical (unpaired) electrons. The minimum atomic E-state index is -0.299. The maximum atomic E-state index is 12.6. The Hall–Kier alpha value is -1.56. The van der Waals surface area contributed by atoms with Gasteiger partial charge in [0.15, 0.2) is 0 Å². The van der Waals surface area contributed by atoms with E-state index < -0.39 is 0 Å². The Kier molecular flexibility index (Phi) is 4.36. The molecule has 2 aromatic rings. The second kappa shape index (κ2) is 6.15. The Morgan fingerprint density at radius 3 is 2.61 bits per heavy atom. The van der Waals surface area contributed by atoms with Crippen LogP contribution in [0.2, 0.25) is 0 Å². The normalized spacial score (nSPS) is 18.7. The topological polar surface area (TPSA) is 38.3 Å². The molecule has 0 saturated heterocycles. The van der Waals surface area contributed by atoms with Crippen LogP contribution >= 0.6 is 22.6 Å². The summed E-state index contributed by atoms with van der Waals surface area (Å²) in [5, 5.41) is 3.17. The Labute approximate surface area is 150 Å². The molecule has 2 aromatic carbocycles. The molecule has 1 aliphatic rings. The first kappa shape index (κ1) is 16.3. The summed E-state index contributed by atoms with van der Waals surface area (Å²) in [6.45, 7) is 6.16. The van der Waals surface area contributed by atoms with Crippen LogP contribution in [-0.2, 0) is 0 Å². The van der Waals surface area contributed by atoms with Crippen LogP contribution in [0.3, 0.4) is 0 Å². The van der Waals surface area contributed by atoms with Gasteiger partial charge in [0.1, 0.15) is 11.4 Å². The van der Waals surface area contributed by atoms with Gasteiger partial charge in [-0.25, -0.2) is 0 Å². The number of rotatable bonds is 2. The van der Waals surface area contributed by atoms with Crippen LogP contribution in [0.4, 0.5) is 0 Å². The summed E-state index contributed by atoms with van der Waals surface area (Å²) in [7, 11) is 0. The molecular formula is C19H20INO2.